The molecular weight excluding hydrogens is 468 g/mol. The summed E-state index contributed by atoms with van der Waals surface area (Å²) in [5, 5.41) is 38.4. The Morgan fingerprint density at radius 1 is 1.20 bits per heavy atom. The second-order valence-corrected chi connectivity index (χ2v) is 12.5. The summed E-state index contributed by atoms with van der Waals surface area (Å²) in [5.41, 5.74) is -0.653. The molecule has 0 saturated carbocycles. The van der Waals surface area contributed by atoms with Gasteiger partial charge in [-0.05, 0) is 61.5 Å². The molecule has 0 unspecified atom stereocenters. The van der Waals surface area contributed by atoms with Gasteiger partial charge in [0.2, 0.25) is 5.91 Å². The zero-order valence-electron chi connectivity index (χ0n) is 21.2. The number of nitrogens with one attached hydrogen (secondary N) is 2. The Morgan fingerprint density at radius 3 is 2.77 bits per heavy atom. The summed E-state index contributed by atoms with van der Waals surface area (Å²) in [5.74, 6) is 2.05. The third kappa shape index (κ3) is 6.43. The smallest absolute Gasteiger partial charge is 0.240 e. The molecule has 9 heteroatoms. The minimum absolute atomic E-state index is 0.132. The number of hydrogen-bond donors (Lipinski definition) is 5. The first kappa shape index (κ1) is 27.4. The molecule has 0 aromatic rings. The van der Waals surface area contributed by atoms with Gasteiger partial charge in [0, 0.05) is 13.2 Å². The maximum atomic E-state index is 13.6. The number of fused-ring (bicyclic) bond motifs is 3. The van der Waals surface area contributed by atoms with E-state index < -0.39 is 41.9 Å². The number of hydrogen-bond acceptors (Lipinski definition) is 8. The van der Waals surface area contributed by atoms with Gasteiger partial charge in [0.1, 0.15) is 35.9 Å². The molecule has 4 heterocycles. The Balaban J connectivity index is 1.49. The fourth-order valence-electron chi connectivity index (χ4n) is 6.18. The molecule has 3 saturated heterocycles. The van der Waals surface area contributed by atoms with Crippen LogP contribution >= 0.6 is 11.8 Å². The van der Waals surface area contributed by atoms with Crippen LogP contribution in [0.3, 0.4) is 0 Å². The monoisotopic (exact) mass is 512 g/mol. The highest BCUT2D eigenvalue weighted by molar-refractivity contribution is 7.99. The molecule has 3 fully saturated rings. The van der Waals surface area contributed by atoms with Gasteiger partial charge in [-0.2, -0.15) is 0 Å². The summed E-state index contributed by atoms with van der Waals surface area (Å²) in [6.07, 6.45) is 4.41. The minimum atomic E-state index is -1.33. The Labute approximate surface area is 213 Å². The summed E-state index contributed by atoms with van der Waals surface area (Å²) in [6.45, 7) is 7.91. The molecule has 0 aliphatic carbocycles. The van der Waals surface area contributed by atoms with Crippen LogP contribution in [0, 0.1) is 23.7 Å². The van der Waals surface area contributed by atoms with Gasteiger partial charge in [-0.25, -0.2) is 0 Å². The molecule has 200 valence electrons. The van der Waals surface area contributed by atoms with E-state index in [-0.39, 0.29) is 17.9 Å². The molecule has 4 rings (SSSR count). The molecule has 8 nitrogen and oxygen atoms in total. The highest BCUT2D eigenvalue weighted by Crippen LogP contribution is 2.35. The van der Waals surface area contributed by atoms with E-state index in [9.17, 15) is 20.1 Å². The average molecular weight is 513 g/mol. The Kier molecular flexibility index (Phi) is 9.57. The SMILES string of the molecule is CC(C)C[C@@H]1CCO[C@@H]2[C@H](CN[C@@H]2C(=O)N[C@H]2[C@H]3O[C@H](SCCC/C=C\[C@H]2C)[C@H](O)[C@@H](O)[C@H]3O)C1. The van der Waals surface area contributed by atoms with Gasteiger partial charge in [0.15, 0.2) is 0 Å². The lowest BCUT2D eigenvalue weighted by molar-refractivity contribution is -0.207. The van der Waals surface area contributed by atoms with Crippen LogP contribution in [0.4, 0.5) is 0 Å². The van der Waals surface area contributed by atoms with Gasteiger partial charge in [0.25, 0.3) is 0 Å². The van der Waals surface area contributed by atoms with Crippen molar-refractivity contribution in [1.29, 1.82) is 0 Å². The van der Waals surface area contributed by atoms with E-state index in [1.54, 1.807) is 0 Å². The van der Waals surface area contributed by atoms with Crippen LogP contribution in [0.2, 0.25) is 0 Å². The molecule has 5 N–H and O–H groups in total. The van der Waals surface area contributed by atoms with Gasteiger partial charge < -0.3 is 35.4 Å². The summed E-state index contributed by atoms with van der Waals surface area (Å²) in [7, 11) is 0. The van der Waals surface area contributed by atoms with Crippen LogP contribution in [-0.4, -0.2) is 88.2 Å². The average Bonchev–Trinajstić information content (AvgIpc) is 3.09. The maximum Gasteiger partial charge on any atom is 0.240 e. The molecule has 1 amide bonds. The van der Waals surface area contributed by atoms with Crippen molar-refractivity contribution in [2.24, 2.45) is 23.7 Å². The van der Waals surface area contributed by atoms with Crippen LogP contribution in [0.5, 0.6) is 0 Å². The van der Waals surface area contributed by atoms with E-state index in [2.05, 4.69) is 30.6 Å². The Hall–Kier alpha value is -0.680. The van der Waals surface area contributed by atoms with Crippen LogP contribution in [-0.2, 0) is 14.3 Å². The molecule has 4 aliphatic heterocycles. The van der Waals surface area contributed by atoms with E-state index in [1.165, 1.54) is 18.2 Å². The van der Waals surface area contributed by atoms with E-state index >= 15 is 0 Å². The van der Waals surface area contributed by atoms with Gasteiger partial charge >= 0.3 is 0 Å². The van der Waals surface area contributed by atoms with E-state index in [1.807, 2.05) is 13.0 Å². The standard InChI is InChI=1S/C26H44N2O6S/c1-14(2)11-16-8-9-33-23-17(12-16)13-27-19(23)25(32)28-18-15(3)7-5-4-6-10-35-26-22(31)20(29)21(30)24(18)34-26/h5,7,14-24,26-27,29-31H,4,6,8-13H2,1-3H3,(H,28,32)/b7-5-/t15-,16+,17+,18-,19+,20+,21-,22-,23-,24-,26-/m1/s1. The molecule has 0 radical (unpaired) electrons. The van der Waals surface area contributed by atoms with Crippen molar-refractivity contribution >= 4 is 17.7 Å². The lowest BCUT2D eigenvalue weighted by Gasteiger charge is -2.44. The number of aliphatic hydroxyl groups is 3. The lowest BCUT2D eigenvalue weighted by atomic mass is 9.85. The summed E-state index contributed by atoms with van der Waals surface area (Å²) in [6, 6.07) is -1.02. The largest absolute Gasteiger partial charge is 0.388 e. The molecule has 4 aliphatic rings. The molecule has 11 atom stereocenters. The first-order valence-electron chi connectivity index (χ1n) is 13.4. The summed E-state index contributed by atoms with van der Waals surface area (Å²) >= 11 is 1.44. The van der Waals surface area contributed by atoms with Crippen molar-refractivity contribution in [3.8, 4) is 0 Å². The normalized spacial score (nSPS) is 45.7. The summed E-state index contributed by atoms with van der Waals surface area (Å²) < 4.78 is 12.4. The zero-order chi connectivity index (χ0) is 25.1. The number of carbonyl (C=O) groups is 1. The first-order valence-corrected chi connectivity index (χ1v) is 14.4. The molecular formula is C26H44N2O6S. The number of carbonyl (C=O) groups excluding carboxylic acids is 1. The quantitative estimate of drug-likeness (QED) is 0.359. The Bertz CT molecular complexity index is 739. The highest BCUT2D eigenvalue weighted by atomic mass is 32.2. The number of amides is 1. The van der Waals surface area contributed by atoms with Crippen molar-refractivity contribution in [3.63, 3.8) is 0 Å². The van der Waals surface area contributed by atoms with Crippen molar-refractivity contribution in [2.45, 2.75) is 101 Å². The van der Waals surface area contributed by atoms with Crippen LogP contribution < -0.4 is 10.6 Å². The van der Waals surface area contributed by atoms with Gasteiger partial charge in [-0.15, -0.1) is 11.8 Å². The van der Waals surface area contributed by atoms with Crippen LogP contribution in [0.25, 0.3) is 0 Å². The van der Waals surface area contributed by atoms with Gasteiger partial charge in [-0.3, -0.25) is 4.79 Å². The second kappa shape index (κ2) is 12.2. The molecule has 0 spiro atoms. The zero-order valence-corrected chi connectivity index (χ0v) is 22.0. The second-order valence-electron chi connectivity index (χ2n) is 11.3. The Morgan fingerprint density at radius 2 is 2.00 bits per heavy atom. The molecule has 0 aromatic heterocycles. The molecule has 0 aromatic carbocycles. The number of thioether (sulfide) groups is 1. The third-order valence-electron chi connectivity index (χ3n) is 8.03. The van der Waals surface area contributed by atoms with Crippen molar-refractivity contribution in [1.82, 2.24) is 10.6 Å². The fourth-order valence-corrected chi connectivity index (χ4v) is 7.31. The highest BCUT2D eigenvalue weighted by Gasteiger charge is 2.49. The van der Waals surface area contributed by atoms with E-state index in [0.717, 1.165) is 38.0 Å². The van der Waals surface area contributed by atoms with Crippen molar-refractivity contribution in [2.75, 3.05) is 18.9 Å². The predicted octanol–water partition coefficient (Wildman–Crippen LogP) is 1.43. The number of allylic oxidation sites excluding steroid dienone is 1. The fraction of sp³-hybridized carbons (Fsp3) is 0.885. The predicted molar refractivity (Wildman–Crippen MR) is 136 cm³/mol. The lowest BCUT2D eigenvalue weighted by Crippen LogP contribution is -2.65. The number of rotatable bonds is 4. The van der Waals surface area contributed by atoms with Crippen molar-refractivity contribution in [3.05, 3.63) is 12.2 Å². The van der Waals surface area contributed by atoms with Crippen molar-refractivity contribution < 1.29 is 29.6 Å². The molecule has 2 bridgehead atoms. The van der Waals surface area contributed by atoms with Crippen LogP contribution in [0.1, 0.15) is 52.9 Å². The van der Waals surface area contributed by atoms with Gasteiger partial charge in [0.05, 0.1) is 12.1 Å². The molecule has 35 heavy (non-hydrogen) atoms. The summed E-state index contributed by atoms with van der Waals surface area (Å²) in [4.78, 5) is 13.6. The number of ether oxygens (including phenoxy) is 2. The number of aliphatic hydroxyl groups excluding tert-OH is 3. The topological polar surface area (TPSA) is 120 Å². The van der Waals surface area contributed by atoms with E-state index in [0.29, 0.717) is 24.4 Å². The first-order chi connectivity index (χ1) is 16.8. The maximum absolute atomic E-state index is 13.6. The van der Waals surface area contributed by atoms with E-state index in [4.69, 9.17) is 9.47 Å². The van der Waals surface area contributed by atoms with Gasteiger partial charge in [-0.1, -0.05) is 32.9 Å². The third-order valence-corrected chi connectivity index (χ3v) is 9.27. The van der Waals surface area contributed by atoms with Crippen LogP contribution in [0.15, 0.2) is 12.2 Å². The minimum Gasteiger partial charge on any atom is -0.388 e.